The lowest BCUT2D eigenvalue weighted by Gasteiger charge is -2.01. The van der Waals surface area contributed by atoms with Gasteiger partial charge in [-0.05, 0) is 12.1 Å². The standard InChI is InChI=1S/C14H11FN2O2S/c15-12-7-2-1-6-11(12)13(19)17-14-16-9-10(20-14)5-3-4-8-18/h1-2,6-7,9,18H,4,8H2,(H,16,17,19). The second-order valence-corrected chi connectivity index (χ2v) is 4.77. The molecule has 0 atom stereocenters. The van der Waals surface area contributed by atoms with Crippen molar-refractivity contribution < 1.29 is 14.3 Å². The van der Waals surface area contributed by atoms with Gasteiger partial charge in [0, 0.05) is 6.42 Å². The van der Waals surface area contributed by atoms with Gasteiger partial charge in [0.15, 0.2) is 5.13 Å². The molecule has 6 heteroatoms. The van der Waals surface area contributed by atoms with Crippen LogP contribution in [0.5, 0.6) is 0 Å². The van der Waals surface area contributed by atoms with Gasteiger partial charge in [0.25, 0.3) is 5.91 Å². The number of nitrogens with zero attached hydrogens (tertiary/aromatic N) is 1. The molecule has 0 radical (unpaired) electrons. The fraction of sp³-hybridized carbons (Fsp3) is 0.143. The molecular formula is C14H11FN2O2S. The van der Waals surface area contributed by atoms with Crippen LogP contribution in [0, 0.1) is 17.7 Å². The molecule has 1 aromatic carbocycles. The van der Waals surface area contributed by atoms with Gasteiger partial charge in [-0.3, -0.25) is 10.1 Å². The molecule has 1 heterocycles. The average Bonchev–Trinajstić information content (AvgIpc) is 2.87. The van der Waals surface area contributed by atoms with Crippen LogP contribution in [-0.4, -0.2) is 22.6 Å². The number of thiazole rings is 1. The molecule has 0 spiro atoms. The topological polar surface area (TPSA) is 62.2 Å². The summed E-state index contributed by atoms with van der Waals surface area (Å²) in [6.45, 7) is 0.00266. The monoisotopic (exact) mass is 290 g/mol. The quantitative estimate of drug-likeness (QED) is 0.852. The summed E-state index contributed by atoms with van der Waals surface area (Å²) in [4.78, 5) is 16.5. The average molecular weight is 290 g/mol. The Morgan fingerprint density at radius 2 is 2.25 bits per heavy atom. The highest BCUT2D eigenvalue weighted by Crippen LogP contribution is 2.18. The highest BCUT2D eigenvalue weighted by Gasteiger charge is 2.12. The minimum atomic E-state index is -0.579. The highest BCUT2D eigenvalue weighted by atomic mass is 32.1. The molecular weight excluding hydrogens is 279 g/mol. The van der Waals surface area contributed by atoms with E-state index in [2.05, 4.69) is 22.1 Å². The molecule has 0 unspecified atom stereocenters. The number of hydrogen-bond donors (Lipinski definition) is 2. The number of anilines is 1. The molecule has 2 N–H and O–H groups in total. The van der Waals surface area contributed by atoms with E-state index in [1.54, 1.807) is 6.07 Å². The number of aromatic nitrogens is 1. The van der Waals surface area contributed by atoms with Crippen LogP contribution in [0.15, 0.2) is 30.5 Å². The smallest absolute Gasteiger partial charge is 0.260 e. The number of nitrogens with one attached hydrogen (secondary N) is 1. The number of carbonyl (C=O) groups is 1. The fourth-order valence-corrected chi connectivity index (χ4v) is 2.09. The maximum Gasteiger partial charge on any atom is 0.260 e. The molecule has 0 aliphatic heterocycles. The summed E-state index contributed by atoms with van der Waals surface area (Å²) in [6, 6.07) is 5.73. The Hall–Kier alpha value is -2.23. The van der Waals surface area contributed by atoms with Crippen molar-refractivity contribution >= 4 is 22.4 Å². The molecule has 0 fully saturated rings. The lowest BCUT2D eigenvalue weighted by atomic mass is 10.2. The Morgan fingerprint density at radius 3 is 3.00 bits per heavy atom. The van der Waals surface area contributed by atoms with E-state index in [9.17, 15) is 9.18 Å². The first-order chi connectivity index (χ1) is 9.70. The first kappa shape index (κ1) is 14.2. The Bertz CT molecular complexity index is 673. The van der Waals surface area contributed by atoms with E-state index in [4.69, 9.17) is 5.11 Å². The molecule has 0 saturated carbocycles. The zero-order valence-electron chi connectivity index (χ0n) is 10.4. The number of carbonyl (C=O) groups excluding carboxylic acids is 1. The minimum Gasteiger partial charge on any atom is -0.395 e. The summed E-state index contributed by atoms with van der Waals surface area (Å²) >= 11 is 1.19. The van der Waals surface area contributed by atoms with Crippen LogP contribution >= 0.6 is 11.3 Å². The van der Waals surface area contributed by atoms with Gasteiger partial charge >= 0.3 is 0 Å². The van der Waals surface area contributed by atoms with E-state index in [0.717, 1.165) is 0 Å². The molecule has 2 aromatic rings. The molecule has 1 aromatic heterocycles. The van der Waals surface area contributed by atoms with Gasteiger partial charge in [-0.2, -0.15) is 0 Å². The second kappa shape index (κ2) is 6.80. The third kappa shape index (κ3) is 3.63. The largest absolute Gasteiger partial charge is 0.395 e. The summed E-state index contributed by atoms with van der Waals surface area (Å²) < 4.78 is 13.4. The Kier molecular flexibility index (Phi) is 4.82. The van der Waals surface area contributed by atoms with Crippen molar-refractivity contribution in [1.29, 1.82) is 0 Å². The van der Waals surface area contributed by atoms with E-state index in [-0.39, 0.29) is 12.2 Å². The summed E-state index contributed by atoms with van der Waals surface area (Å²) in [6.07, 6.45) is 1.90. The van der Waals surface area contributed by atoms with E-state index < -0.39 is 11.7 Å². The van der Waals surface area contributed by atoms with Crippen LogP contribution < -0.4 is 5.32 Å². The van der Waals surface area contributed by atoms with Gasteiger partial charge in [-0.15, -0.1) is 0 Å². The van der Waals surface area contributed by atoms with E-state index >= 15 is 0 Å². The molecule has 4 nitrogen and oxygen atoms in total. The number of amides is 1. The summed E-state index contributed by atoms with van der Waals surface area (Å²) in [7, 11) is 0. The zero-order chi connectivity index (χ0) is 14.4. The van der Waals surface area contributed by atoms with Crippen molar-refractivity contribution in [3.8, 4) is 11.8 Å². The first-order valence-corrected chi connectivity index (χ1v) is 6.64. The summed E-state index contributed by atoms with van der Waals surface area (Å²) in [5.74, 6) is 4.44. The Morgan fingerprint density at radius 1 is 1.45 bits per heavy atom. The van der Waals surface area contributed by atoms with Gasteiger partial charge in [-0.1, -0.05) is 35.3 Å². The maximum atomic E-state index is 13.4. The van der Waals surface area contributed by atoms with Gasteiger partial charge in [-0.25, -0.2) is 9.37 Å². The number of hydrogen-bond acceptors (Lipinski definition) is 4. The number of aliphatic hydroxyl groups is 1. The van der Waals surface area contributed by atoms with Crippen LogP contribution in [-0.2, 0) is 0 Å². The van der Waals surface area contributed by atoms with Gasteiger partial charge in [0.05, 0.1) is 23.2 Å². The molecule has 2 rings (SSSR count). The number of rotatable bonds is 3. The first-order valence-electron chi connectivity index (χ1n) is 5.82. The van der Waals surface area contributed by atoms with Crippen molar-refractivity contribution in [2.75, 3.05) is 11.9 Å². The lowest BCUT2D eigenvalue weighted by molar-refractivity contribution is 0.102. The van der Waals surface area contributed by atoms with Crippen LogP contribution in [0.3, 0.4) is 0 Å². The molecule has 0 aliphatic rings. The second-order valence-electron chi connectivity index (χ2n) is 3.74. The Labute approximate surface area is 119 Å². The van der Waals surface area contributed by atoms with Crippen LogP contribution in [0.25, 0.3) is 0 Å². The summed E-state index contributed by atoms with van der Waals surface area (Å²) in [5.41, 5.74) is -0.0318. The number of halogens is 1. The van der Waals surface area contributed by atoms with Crippen LogP contribution in [0.1, 0.15) is 21.7 Å². The van der Waals surface area contributed by atoms with E-state index in [1.807, 2.05) is 0 Å². The van der Waals surface area contributed by atoms with Crippen LogP contribution in [0.4, 0.5) is 9.52 Å². The maximum absolute atomic E-state index is 13.4. The molecule has 0 aliphatic carbocycles. The van der Waals surface area contributed by atoms with Crippen molar-refractivity contribution in [2.24, 2.45) is 0 Å². The highest BCUT2D eigenvalue weighted by molar-refractivity contribution is 7.16. The molecule has 20 heavy (non-hydrogen) atoms. The van der Waals surface area contributed by atoms with Crippen molar-refractivity contribution in [3.05, 3.63) is 46.7 Å². The minimum absolute atomic E-state index is 0.00266. The summed E-state index contributed by atoms with van der Waals surface area (Å²) in [5, 5.41) is 11.5. The van der Waals surface area contributed by atoms with E-state index in [0.29, 0.717) is 16.4 Å². The third-order valence-electron chi connectivity index (χ3n) is 2.29. The number of aliphatic hydroxyl groups excluding tert-OH is 1. The molecule has 102 valence electrons. The predicted molar refractivity (Wildman–Crippen MR) is 75.0 cm³/mol. The third-order valence-corrected chi connectivity index (χ3v) is 3.12. The van der Waals surface area contributed by atoms with Crippen molar-refractivity contribution in [2.45, 2.75) is 6.42 Å². The zero-order valence-corrected chi connectivity index (χ0v) is 11.2. The van der Waals surface area contributed by atoms with Crippen molar-refractivity contribution in [1.82, 2.24) is 4.98 Å². The van der Waals surface area contributed by atoms with Crippen molar-refractivity contribution in [3.63, 3.8) is 0 Å². The van der Waals surface area contributed by atoms with Gasteiger partial charge in [0.2, 0.25) is 0 Å². The predicted octanol–water partition coefficient (Wildman–Crippen LogP) is 2.27. The molecule has 0 bridgehead atoms. The van der Waals surface area contributed by atoms with Crippen LogP contribution in [0.2, 0.25) is 0 Å². The fourth-order valence-electron chi connectivity index (χ4n) is 1.41. The lowest BCUT2D eigenvalue weighted by Crippen LogP contribution is -2.13. The SMILES string of the molecule is O=C(Nc1ncc(C#CCCO)s1)c1ccccc1F. The Balaban J connectivity index is 2.06. The molecule has 0 saturated heterocycles. The number of benzene rings is 1. The van der Waals surface area contributed by atoms with E-state index in [1.165, 1.54) is 35.7 Å². The molecule has 1 amide bonds. The van der Waals surface area contributed by atoms with Gasteiger partial charge in [0.1, 0.15) is 5.82 Å². The van der Waals surface area contributed by atoms with Gasteiger partial charge < -0.3 is 5.11 Å². The normalized spacial score (nSPS) is 9.70.